The first-order chi connectivity index (χ1) is 10.2. The Morgan fingerprint density at radius 2 is 2.38 bits per heavy atom. The Morgan fingerprint density at radius 1 is 1.52 bits per heavy atom. The summed E-state index contributed by atoms with van der Waals surface area (Å²) in [6, 6.07) is 5.20. The molecule has 2 heterocycles. The molecule has 0 spiro atoms. The van der Waals surface area contributed by atoms with E-state index in [0.717, 1.165) is 5.82 Å². The van der Waals surface area contributed by atoms with Crippen LogP contribution < -0.4 is 10.6 Å². The molecule has 0 saturated heterocycles. The Kier molecular flexibility index (Phi) is 5.55. The Hall–Kier alpha value is -2.10. The van der Waals surface area contributed by atoms with Gasteiger partial charge in [0.15, 0.2) is 0 Å². The summed E-state index contributed by atoms with van der Waals surface area (Å²) in [4.78, 5) is 17.6. The van der Waals surface area contributed by atoms with E-state index in [1.54, 1.807) is 29.3 Å². The fourth-order valence-electron chi connectivity index (χ4n) is 1.95. The summed E-state index contributed by atoms with van der Waals surface area (Å²) >= 11 is 5.74. The predicted octanol–water partition coefficient (Wildman–Crippen LogP) is 1.03. The quantitative estimate of drug-likeness (QED) is 0.606. The molecule has 1 aliphatic heterocycles. The number of halogens is 1. The molecule has 0 radical (unpaired) electrons. The van der Waals surface area contributed by atoms with Gasteiger partial charge in [0.2, 0.25) is 5.91 Å². The SMILES string of the molecule is N#CC1C=CCN1C(=O)CNCCNc1ccc(Cl)cn1. The number of hydrogen-bond donors (Lipinski definition) is 2. The maximum Gasteiger partial charge on any atom is 0.238 e. The monoisotopic (exact) mass is 305 g/mol. The number of nitrogens with one attached hydrogen (secondary N) is 2. The molecule has 2 N–H and O–H groups in total. The average molecular weight is 306 g/mol. The second kappa shape index (κ2) is 7.62. The Labute approximate surface area is 128 Å². The van der Waals surface area contributed by atoms with Gasteiger partial charge in [-0.25, -0.2) is 4.98 Å². The summed E-state index contributed by atoms with van der Waals surface area (Å²) in [7, 11) is 0. The summed E-state index contributed by atoms with van der Waals surface area (Å²) in [6.45, 7) is 1.98. The van der Waals surface area contributed by atoms with Gasteiger partial charge in [0.05, 0.1) is 17.6 Å². The van der Waals surface area contributed by atoms with Gasteiger partial charge >= 0.3 is 0 Å². The minimum atomic E-state index is -0.435. The third kappa shape index (κ3) is 4.45. The van der Waals surface area contributed by atoms with Gasteiger partial charge in [0, 0.05) is 25.8 Å². The van der Waals surface area contributed by atoms with Crippen molar-refractivity contribution in [2.45, 2.75) is 6.04 Å². The molecule has 1 aromatic rings. The van der Waals surface area contributed by atoms with Crippen molar-refractivity contribution in [3.05, 3.63) is 35.5 Å². The summed E-state index contributed by atoms with van der Waals surface area (Å²) in [5.41, 5.74) is 0. The van der Waals surface area contributed by atoms with Gasteiger partial charge < -0.3 is 15.5 Å². The van der Waals surface area contributed by atoms with Crippen molar-refractivity contribution in [3.8, 4) is 6.07 Å². The summed E-state index contributed by atoms with van der Waals surface area (Å²) in [6.07, 6.45) is 5.15. The van der Waals surface area contributed by atoms with Crippen molar-refractivity contribution >= 4 is 23.3 Å². The Morgan fingerprint density at radius 3 is 3.10 bits per heavy atom. The van der Waals surface area contributed by atoms with Crippen LogP contribution in [0.15, 0.2) is 30.5 Å². The lowest BCUT2D eigenvalue weighted by Crippen LogP contribution is -2.41. The van der Waals surface area contributed by atoms with Crippen molar-refractivity contribution in [2.24, 2.45) is 0 Å². The second-order valence-electron chi connectivity index (χ2n) is 4.51. The smallest absolute Gasteiger partial charge is 0.238 e. The lowest BCUT2D eigenvalue weighted by Gasteiger charge is -2.19. The van der Waals surface area contributed by atoms with E-state index in [9.17, 15) is 4.79 Å². The van der Waals surface area contributed by atoms with Crippen LogP contribution in [-0.2, 0) is 4.79 Å². The van der Waals surface area contributed by atoms with Crippen LogP contribution in [0, 0.1) is 11.3 Å². The lowest BCUT2D eigenvalue weighted by molar-refractivity contribution is -0.129. The third-order valence-corrected chi connectivity index (χ3v) is 3.24. The zero-order valence-corrected chi connectivity index (χ0v) is 12.2. The maximum atomic E-state index is 11.9. The second-order valence-corrected chi connectivity index (χ2v) is 4.95. The molecule has 0 aromatic carbocycles. The minimum absolute atomic E-state index is 0.0730. The van der Waals surface area contributed by atoms with Crippen LogP contribution in [0.25, 0.3) is 0 Å². The van der Waals surface area contributed by atoms with Gasteiger partial charge in [-0.1, -0.05) is 17.7 Å². The summed E-state index contributed by atoms with van der Waals surface area (Å²) in [5.74, 6) is 0.664. The Bertz CT molecular complexity index is 551. The molecule has 1 amide bonds. The van der Waals surface area contributed by atoms with E-state index >= 15 is 0 Å². The number of amides is 1. The van der Waals surface area contributed by atoms with Gasteiger partial charge in [-0.15, -0.1) is 0 Å². The standard InChI is InChI=1S/C14H16ClN5O/c15-11-3-4-13(19-9-11)18-6-5-17-10-14(21)20-7-1-2-12(20)8-16/h1-4,9,12,17H,5-7,10H2,(H,18,19). The van der Waals surface area contributed by atoms with Crippen LogP contribution in [0.5, 0.6) is 0 Å². The summed E-state index contributed by atoms with van der Waals surface area (Å²) in [5, 5.41) is 15.6. The molecule has 110 valence electrons. The highest BCUT2D eigenvalue weighted by atomic mass is 35.5. The molecular weight excluding hydrogens is 290 g/mol. The molecule has 1 unspecified atom stereocenters. The van der Waals surface area contributed by atoms with E-state index in [0.29, 0.717) is 24.7 Å². The van der Waals surface area contributed by atoms with Crippen LogP contribution in [0.4, 0.5) is 5.82 Å². The topological polar surface area (TPSA) is 81.0 Å². The number of pyridine rings is 1. The molecule has 0 fully saturated rings. The number of nitrogens with zero attached hydrogens (tertiary/aromatic N) is 3. The van der Waals surface area contributed by atoms with E-state index in [2.05, 4.69) is 21.7 Å². The molecule has 1 aliphatic rings. The highest BCUT2D eigenvalue weighted by Gasteiger charge is 2.23. The van der Waals surface area contributed by atoms with Crippen molar-refractivity contribution in [2.75, 3.05) is 31.5 Å². The molecule has 1 aromatic heterocycles. The molecule has 21 heavy (non-hydrogen) atoms. The normalized spacial score (nSPS) is 16.8. The highest BCUT2D eigenvalue weighted by molar-refractivity contribution is 6.30. The maximum absolute atomic E-state index is 11.9. The predicted molar refractivity (Wildman–Crippen MR) is 80.9 cm³/mol. The molecule has 7 heteroatoms. The minimum Gasteiger partial charge on any atom is -0.369 e. The zero-order chi connectivity index (χ0) is 15.1. The fraction of sp³-hybridized carbons (Fsp3) is 0.357. The van der Waals surface area contributed by atoms with E-state index in [4.69, 9.17) is 16.9 Å². The van der Waals surface area contributed by atoms with Gasteiger partial charge in [-0.05, 0) is 18.2 Å². The number of anilines is 1. The first-order valence-corrected chi connectivity index (χ1v) is 7.00. The van der Waals surface area contributed by atoms with Gasteiger partial charge in [0.1, 0.15) is 11.9 Å². The van der Waals surface area contributed by atoms with Crippen LogP contribution in [-0.4, -0.2) is 48.0 Å². The number of rotatable bonds is 6. The van der Waals surface area contributed by atoms with E-state index in [1.165, 1.54) is 0 Å². The van der Waals surface area contributed by atoms with E-state index in [1.807, 2.05) is 6.08 Å². The molecule has 0 bridgehead atoms. The van der Waals surface area contributed by atoms with Gasteiger partial charge in [-0.2, -0.15) is 5.26 Å². The number of nitriles is 1. The van der Waals surface area contributed by atoms with Crippen LogP contribution in [0.1, 0.15) is 0 Å². The van der Waals surface area contributed by atoms with Crippen LogP contribution in [0.2, 0.25) is 5.02 Å². The molecule has 2 rings (SSSR count). The average Bonchev–Trinajstić information content (AvgIpc) is 2.97. The first kappa shape index (κ1) is 15.3. The molecule has 0 saturated carbocycles. The largest absolute Gasteiger partial charge is 0.369 e. The number of aromatic nitrogens is 1. The molecule has 6 nitrogen and oxygen atoms in total. The van der Waals surface area contributed by atoms with Gasteiger partial charge in [-0.3, -0.25) is 4.79 Å². The zero-order valence-electron chi connectivity index (χ0n) is 11.4. The fourth-order valence-corrected chi connectivity index (χ4v) is 2.06. The third-order valence-electron chi connectivity index (χ3n) is 3.02. The number of carbonyl (C=O) groups excluding carboxylic acids is 1. The van der Waals surface area contributed by atoms with Crippen molar-refractivity contribution in [1.29, 1.82) is 5.26 Å². The summed E-state index contributed by atoms with van der Waals surface area (Å²) < 4.78 is 0. The molecule has 1 atom stereocenters. The van der Waals surface area contributed by atoms with Gasteiger partial charge in [0.25, 0.3) is 0 Å². The highest BCUT2D eigenvalue weighted by Crippen LogP contribution is 2.09. The Balaban J connectivity index is 1.63. The van der Waals surface area contributed by atoms with Crippen LogP contribution >= 0.6 is 11.6 Å². The van der Waals surface area contributed by atoms with E-state index < -0.39 is 6.04 Å². The molecular formula is C14H16ClN5O. The number of hydrogen-bond acceptors (Lipinski definition) is 5. The van der Waals surface area contributed by atoms with Crippen molar-refractivity contribution in [1.82, 2.24) is 15.2 Å². The molecule has 0 aliphatic carbocycles. The van der Waals surface area contributed by atoms with E-state index in [-0.39, 0.29) is 12.5 Å². The van der Waals surface area contributed by atoms with Crippen molar-refractivity contribution < 1.29 is 4.79 Å². The number of carbonyl (C=O) groups is 1. The first-order valence-electron chi connectivity index (χ1n) is 6.62. The van der Waals surface area contributed by atoms with Crippen molar-refractivity contribution in [3.63, 3.8) is 0 Å². The lowest BCUT2D eigenvalue weighted by atomic mass is 10.3. The van der Waals surface area contributed by atoms with Crippen LogP contribution in [0.3, 0.4) is 0 Å².